The van der Waals surface area contributed by atoms with Crippen molar-refractivity contribution in [1.29, 1.82) is 0 Å². The summed E-state index contributed by atoms with van der Waals surface area (Å²) in [6.07, 6.45) is 6.88. The van der Waals surface area contributed by atoms with Crippen molar-refractivity contribution >= 4 is 5.69 Å². The molecule has 3 rings (SSSR count). The Morgan fingerprint density at radius 1 is 1.33 bits per heavy atom. The van der Waals surface area contributed by atoms with Gasteiger partial charge in [-0.25, -0.2) is 4.98 Å². The molecule has 2 saturated carbocycles. The highest BCUT2D eigenvalue weighted by Gasteiger charge is 2.39. The third-order valence-electron chi connectivity index (χ3n) is 3.82. The first-order valence-electron chi connectivity index (χ1n) is 5.69. The molecule has 1 heterocycles. The Bertz CT molecular complexity index is 366. The number of aromatic nitrogens is 1. The molecular formula is C12H15FN2. The molecule has 2 bridgehead atoms. The van der Waals surface area contributed by atoms with Gasteiger partial charge in [0.1, 0.15) is 0 Å². The molecular weight excluding hydrogens is 191 g/mol. The van der Waals surface area contributed by atoms with Crippen LogP contribution in [0.3, 0.4) is 0 Å². The summed E-state index contributed by atoms with van der Waals surface area (Å²) in [5, 5.41) is 3.43. The van der Waals surface area contributed by atoms with Gasteiger partial charge in [-0.1, -0.05) is 6.42 Å². The monoisotopic (exact) mass is 206 g/mol. The second-order valence-electron chi connectivity index (χ2n) is 4.79. The highest BCUT2D eigenvalue weighted by Crippen LogP contribution is 2.45. The molecule has 1 aromatic heterocycles. The number of nitrogens with zero attached hydrogens (tertiary/aromatic N) is 1. The summed E-state index contributed by atoms with van der Waals surface area (Å²) in [6, 6.07) is 3.88. The minimum Gasteiger partial charge on any atom is -0.382 e. The molecule has 0 aromatic carbocycles. The van der Waals surface area contributed by atoms with Gasteiger partial charge in [0.15, 0.2) is 0 Å². The van der Waals surface area contributed by atoms with Crippen molar-refractivity contribution in [2.24, 2.45) is 11.8 Å². The van der Waals surface area contributed by atoms with E-state index in [1.165, 1.54) is 37.9 Å². The second-order valence-corrected chi connectivity index (χ2v) is 4.79. The zero-order chi connectivity index (χ0) is 10.3. The molecule has 3 atom stereocenters. The lowest BCUT2D eigenvalue weighted by atomic mass is 9.95. The number of fused-ring (bicyclic) bond motifs is 2. The lowest BCUT2D eigenvalue weighted by Crippen LogP contribution is -2.25. The Labute approximate surface area is 88.9 Å². The molecule has 0 aliphatic heterocycles. The summed E-state index contributed by atoms with van der Waals surface area (Å²) in [6.45, 7) is 0. The fraction of sp³-hybridized carbons (Fsp3) is 0.583. The first-order chi connectivity index (χ1) is 7.31. The van der Waals surface area contributed by atoms with Gasteiger partial charge in [-0.15, -0.1) is 0 Å². The molecule has 0 amide bonds. The van der Waals surface area contributed by atoms with Crippen LogP contribution in [-0.2, 0) is 0 Å². The van der Waals surface area contributed by atoms with E-state index in [9.17, 15) is 4.39 Å². The normalized spacial score (nSPS) is 33.3. The standard InChI is InChI=1S/C12H15FN2/c13-12-7-10(3-4-14-12)15-11-6-8-1-2-9(11)5-8/h3-4,7-9,11H,1-2,5-6H2,(H,14,15). The number of pyridine rings is 1. The van der Waals surface area contributed by atoms with Crippen LogP contribution in [0.1, 0.15) is 25.7 Å². The summed E-state index contributed by atoms with van der Waals surface area (Å²) < 4.78 is 12.9. The molecule has 80 valence electrons. The van der Waals surface area contributed by atoms with Crippen LogP contribution in [0.4, 0.5) is 10.1 Å². The molecule has 1 aromatic rings. The summed E-state index contributed by atoms with van der Waals surface area (Å²) >= 11 is 0. The highest BCUT2D eigenvalue weighted by atomic mass is 19.1. The highest BCUT2D eigenvalue weighted by molar-refractivity contribution is 5.42. The maximum Gasteiger partial charge on any atom is 0.214 e. The van der Waals surface area contributed by atoms with Gasteiger partial charge in [-0.05, 0) is 37.2 Å². The van der Waals surface area contributed by atoms with E-state index in [4.69, 9.17) is 0 Å². The van der Waals surface area contributed by atoms with Crippen LogP contribution in [-0.4, -0.2) is 11.0 Å². The summed E-state index contributed by atoms with van der Waals surface area (Å²) in [4.78, 5) is 3.56. The van der Waals surface area contributed by atoms with Crippen molar-refractivity contribution in [3.8, 4) is 0 Å². The van der Waals surface area contributed by atoms with E-state index in [1.807, 2.05) is 6.07 Å². The molecule has 3 heteroatoms. The van der Waals surface area contributed by atoms with Gasteiger partial charge in [-0.3, -0.25) is 0 Å². The molecule has 2 aliphatic carbocycles. The minimum atomic E-state index is -0.400. The van der Waals surface area contributed by atoms with Crippen molar-refractivity contribution in [2.75, 3.05) is 5.32 Å². The van der Waals surface area contributed by atoms with E-state index in [2.05, 4.69) is 10.3 Å². The third kappa shape index (κ3) is 1.71. The number of rotatable bonds is 2. The average molecular weight is 206 g/mol. The lowest BCUT2D eigenvalue weighted by molar-refractivity contribution is 0.439. The fourth-order valence-corrected chi connectivity index (χ4v) is 3.13. The Kier molecular flexibility index (Phi) is 2.11. The van der Waals surface area contributed by atoms with E-state index in [1.54, 1.807) is 0 Å². The lowest BCUT2D eigenvalue weighted by Gasteiger charge is -2.23. The predicted octanol–water partition coefficient (Wildman–Crippen LogP) is 2.82. The molecule has 1 N–H and O–H groups in total. The van der Waals surface area contributed by atoms with E-state index in [0.717, 1.165) is 17.5 Å². The first kappa shape index (κ1) is 9.13. The first-order valence-corrected chi connectivity index (χ1v) is 5.69. The van der Waals surface area contributed by atoms with Crippen molar-refractivity contribution in [2.45, 2.75) is 31.7 Å². The predicted molar refractivity (Wildman–Crippen MR) is 57.1 cm³/mol. The van der Waals surface area contributed by atoms with Gasteiger partial charge < -0.3 is 5.32 Å². The SMILES string of the molecule is Fc1cc(NC2CC3CCC2C3)ccn1. The number of nitrogens with one attached hydrogen (secondary N) is 1. The molecule has 15 heavy (non-hydrogen) atoms. The zero-order valence-electron chi connectivity index (χ0n) is 8.62. The van der Waals surface area contributed by atoms with Gasteiger partial charge in [0.2, 0.25) is 5.95 Å². The van der Waals surface area contributed by atoms with Crippen LogP contribution in [0.2, 0.25) is 0 Å². The van der Waals surface area contributed by atoms with E-state index < -0.39 is 5.95 Å². The quantitative estimate of drug-likeness (QED) is 0.753. The maximum absolute atomic E-state index is 12.9. The zero-order valence-corrected chi connectivity index (χ0v) is 8.62. The van der Waals surface area contributed by atoms with Crippen LogP contribution in [0.5, 0.6) is 0 Å². The summed E-state index contributed by atoms with van der Waals surface area (Å²) in [7, 11) is 0. The van der Waals surface area contributed by atoms with E-state index in [0.29, 0.717) is 6.04 Å². The van der Waals surface area contributed by atoms with Gasteiger partial charge in [-0.2, -0.15) is 4.39 Å². The molecule has 2 nitrogen and oxygen atoms in total. The van der Waals surface area contributed by atoms with Crippen LogP contribution in [0.25, 0.3) is 0 Å². The van der Waals surface area contributed by atoms with Crippen LogP contribution in [0.15, 0.2) is 18.3 Å². The third-order valence-corrected chi connectivity index (χ3v) is 3.82. The smallest absolute Gasteiger partial charge is 0.214 e. The number of halogens is 1. The molecule has 2 aliphatic rings. The molecule has 3 unspecified atom stereocenters. The average Bonchev–Trinajstić information content (AvgIpc) is 2.79. The Morgan fingerprint density at radius 3 is 2.93 bits per heavy atom. The molecule has 2 fully saturated rings. The van der Waals surface area contributed by atoms with Crippen LogP contribution >= 0.6 is 0 Å². The number of hydrogen-bond acceptors (Lipinski definition) is 2. The minimum absolute atomic E-state index is 0.400. The maximum atomic E-state index is 12.9. The largest absolute Gasteiger partial charge is 0.382 e. The Hall–Kier alpha value is -1.12. The Balaban J connectivity index is 1.71. The summed E-state index contributed by atoms with van der Waals surface area (Å²) in [5.41, 5.74) is 0.875. The van der Waals surface area contributed by atoms with Crippen molar-refractivity contribution in [1.82, 2.24) is 4.98 Å². The van der Waals surface area contributed by atoms with Gasteiger partial charge in [0, 0.05) is 24.0 Å². The Morgan fingerprint density at radius 2 is 2.27 bits per heavy atom. The van der Waals surface area contributed by atoms with Crippen LogP contribution in [0, 0.1) is 17.8 Å². The van der Waals surface area contributed by atoms with E-state index >= 15 is 0 Å². The van der Waals surface area contributed by atoms with Gasteiger partial charge >= 0.3 is 0 Å². The van der Waals surface area contributed by atoms with Crippen molar-refractivity contribution in [3.05, 3.63) is 24.3 Å². The van der Waals surface area contributed by atoms with Crippen molar-refractivity contribution < 1.29 is 4.39 Å². The molecule has 0 saturated heterocycles. The number of hydrogen-bond donors (Lipinski definition) is 1. The van der Waals surface area contributed by atoms with Crippen molar-refractivity contribution in [3.63, 3.8) is 0 Å². The molecule has 0 spiro atoms. The van der Waals surface area contributed by atoms with E-state index in [-0.39, 0.29) is 0 Å². The van der Waals surface area contributed by atoms with Gasteiger partial charge in [0.05, 0.1) is 0 Å². The summed E-state index contributed by atoms with van der Waals surface area (Å²) in [5.74, 6) is 1.33. The second kappa shape index (κ2) is 3.47. The topological polar surface area (TPSA) is 24.9 Å². The molecule has 0 radical (unpaired) electrons. The van der Waals surface area contributed by atoms with Crippen LogP contribution < -0.4 is 5.32 Å². The number of anilines is 1. The fourth-order valence-electron chi connectivity index (χ4n) is 3.13. The van der Waals surface area contributed by atoms with Gasteiger partial charge in [0.25, 0.3) is 0 Å².